The molecule has 150 valence electrons. The van der Waals surface area contributed by atoms with Crippen molar-refractivity contribution in [2.75, 3.05) is 25.5 Å². The Balaban J connectivity index is 1.62. The van der Waals surface area contributed by atoms with E-state index in [0.29, 0.717) is 23.4 Å². The summed E-state index contributed by atoms with van der Waals surface area (Å²) in [5.74, 6) is -1.02. The lowest BCUT2D eigenvalue weighted by Crippen LogP contribution is -2.41. The Morgan fingerprint density at radius 2 is 1.79 bits per heavy atom. The summed E-state index contributed by atoms with van der Waals surface area (Å²) in [4.78, 5) is 24.6. The molecule has 28 heavy (non-hydrogen) atoms. The molecular weight excluding hydrogens is 400 g/mol. The van der Waals surface area contributed by atoms with Crippen LogP contribution in [0.3, 0.4) is 0 Å². The van der Waals surface area contributed by atoms with Crippen molar-refractivity contribution in [1.82, 2.24) is 4.31 Å². The number of hydrogen-bond acceptors (Lipinski definition) is 6. The largest absolute Gasteiger partial charge is 0.465 e. The number of aryl methyl sites for hydroxylation is 1. The van der Waals surface area contributed by atoms with Gasteiger partial charge in [-0.05, 0) is 43.3 Å². The highest BCUT2D eigenvalue weighted by molar-refractivity contribution is 7.89. The van der Waals surface area contributed by atoms with E-state index in [1.807, 2.05) is 6.92 Å². The number of ether oxygens (including phenoxy) is 1. The number of nitrogens with zero attached hydrogens (tertiary/aromatic N) is 1. The molecule has 0 bridgehead atoms. The van der Waals surface area contributed by atoms with Crippen LogP contribution in [0.25, 0.3) is 0 Å². The van der Waals surface area contributed by atoms with Crippen LogP contribution in [-0.4, -0.2) is 44.8 Å². The van der Waals surface area contributed by atoms with Crippen molar-refractivity contribution in [1.29, 1.82) is 0 Å². The first-order valence-electron chi connectivity index (χ1n) is 8.86. The Kier molecular flexibility index (Phi) is 6.17. The van der Waals surface area contributed by atoms with Crippen molar-refractivity contribution in [3.63, 3.8) is 0 Å². The summed E-state index contributed by atoms with van der Waals surface area (Å²) < 4.78 is 31.6. The van der Waals surface area contributed by atoms with Crippen LogP contribution in [-0.2, 0) is 19.6 Å². The van der Waals surface area contributed by atoms with Gasteiger partial charge in [0.2, 0.25) is 15.9 Å². The zero-order valence-corrected chi connectivity index (χ0v) is 17.3. The maximum absolute atomic E-state index is 12.8. The monoisotopic (exact) mass is 422 g/mol. The second-order valence-corrected chi connectivity index (χ2v) is 9.49. The van der Waals surface area contributed by atoms with Crippen LogP contribution in [0.5, 0.6) is 0 Å². The molecule has 0 unspecified atom stereocenters. The molecule has 1 aromatic carbocycles. The molecule has 1 aliphatic rings. The van der Waals surface area contributed by atoms with Gasteiger partial charge < -0.3 is 10.1 Å². The standard InChI is InChI=1S/C19H22N2O5S2/c1-13-3-5-15(6-4-13)28(24,25)21-10-7-14(8-11-21)17(22)20-18-16(9-12-27-18)19(23)26-2/h3-6,9,12,14H,7-8,10-11H2,1-2H3,(H,20,22). The van der Waals surface area contributed by atoms with Crippen molar-refractivity contribution >= 4 is 38.2 Å². The highest BCUT2D eigenvalue weighted by Crippen LogP contribution is 2.28. The van der Waals surface area contributed by atoms with Gasteiger partial charge in [-0.1, -0.05) is 17.7 Å². The molecule has 7 nitrogen and oxygen atoms in total. The van der Waals surface area contributed by atoms with E-state index in [1.165, 1.54) is 22.8 Å². The molecule has 3 rings (SSSR count). The molecular formula is C19H22N2O5S2. The van der Waals surface area contributed by atoms with E-state index < -0.39 is 16.0 Å². The van der Waals surface area contributed by atoms with Gasteiger partial charge in [-0.2, -0.15) is 4.31 Å². The van der Waals surface area contributed by atoms with Crippen LogP contribution in [0.15, 0.2) is 40.6 Å². The van der Waals surface area contributed by atoms with Crippen molar-refractivity contribution in [2.45, 2.75) is 24.7 Å². The summed E-state index contributed by atoms with van der Waals surface area (Å²) in [6, 6.07) is 8.35. The van der Waals surface area contributed by atoms with E-state index in [0.717, 1.165) is 5.56 Å². The molecule has 9 heteroatoms. The highest BCUT2D eigenvalue weighted by Gasteiger charge is 2.32. The van der Waals surface area contributed by atoms with E-state index in [2.05, 4.69) is 5.32 Å². The fourth-order valence-corrected chi connectivity index (χ4v) is 5.36. The van der Waals surface area contributed by atoms with E-state index in [9.17, 15) is 18.0 Å². The number of methoxy groups -OCH3 is 1. The number of rotatable bonds is 5. The summed E-state index contributed by atoms with van der Waals surface area (Å²) in [5, 5.41) is 4.94. The lowest BCUT2D eigenvalue weighted by Gasteiger charge is -2.30. The molecule has 1 amide bonds. The minimum Gasteiger partial charge on any atom is -0.465 e. The third kappa shape index (κ3) is 4.26. The van der Waals surface area contributed by atoms with Crippen molar-refractivity contribution in [3.05, 3.63) is 46.8 Å². The zero-order valence-electron chi connectivity index (χ0n) is 15.7. The van der Waals surface area contributed by atoms with Gasteiger partial charge >= 0.3 is 5.97 Å². The first kappa shape index (κ1) is 20.5. The Hall–Kier alpha value is -2.23. The Bertz CT molecular complexity index is 958. The molecule has 1 aliphatic heterocycles. The van der Waals surface area contributed by atoms with E-state index in [4.69, 9.17) is 4.74 Å². The third-order valence-electron chi connectivity index (χ3n) is 4.79. The number of carbonyl (C=O) groups is 2. The number of thiophene rings is 1. The van der Waals surface area contributed by atoms with Gasteiger partial charge in [-0.15, -0.1) is 11.3 Å². The lowest BCUT2D eigenvalue weighted by atomic mass is 9.97. The maximum Gasteiger partial charge on any atom is 0.340 e. The quantitative estimate of drug-likeness (QED) is 0.748. The van der Waals surface area contributed by atoms with Gasteiger partial charge in [0.1, 0.15) is 5.00 Å². The van der Waals surface area contributed by atoms with Crippen LogP contribution in [0, 0.1) is 12.8 Å². The van der Waals surface area contributed by atoms with Gasteiger partial charge in [-0.25, -0.2) is 13.2 Å². The van der Waals surface area contributed by atoms with Crippen molar-refractivity contribution in [2.24, 2.45) is 5.92 Å². The number of carbonyl (C=O) groups excluding carboxylic acids is 2. The van der Waals surface area contributed by atoms with Crippen molar-refractivity contribution in [3.8, 4) is 0 Å². The minimum atomic E-state index is -3.56. The van der Waals surface area contributed by atoms with Gasteiger partial charge in [0, 0.05) is 19.0 Å². The van der Waals surface area contributed by atoms with Crippen LogP contribution >= 0.6 is 11.3 Å². The second kappa shape index (κ2) is 8.42. The molecule has 0 aliphatic carbocycles. The number of anilines is 1. The molecule has 2 aromatic rings. The third-order valence-corrected chi connectivity index (χ3v) is 7.53. The fraction of sp³-hybridized carbons (Fsp3) is 0.368. The number of sulfonamides is 1. The highest BCUT2D eigenvalue weighted by atomic mass is 32.2. The fourth-order valence-electron chi connectivity index (χ4n) is 3.11. The summed E-state index contributed by atoms with van der Waals surface area (Å²) in [6.07, 6.45) is 0.853. The number of piperidine rings is 1. The summed E-state index contributed by atoms with van der Waals surface area (Å²) in [5.41, 5.74) is 1.31. The Labute approximate surface area is 168 Å². The predicted molar refractivity (Wildman–Crippen MR) is 107 cm³/mol. The SMILES string of the molecule is COC(=O)c1ccsc1NC(=O)C1CCN(S(=O)(=O)c2ccc(C)cc2)CC1. The topological polar surface area (TPSA) is 92.8 Å². The zero-order chi connectivity index (χ0) is 20.3. The molecule has 0 spiro atoms. The first-order valence-corrected chi connectivity index (χ1v) is 11.2. The molecule has 1 N–H and O–H groups in total. The van der Waals surface area contributed by atoms with E-state index in [1.54, 1.807) is 35.7 Å². The van der Waals surface area contributed by atoms with Gasteiger partial charge in [0.25, 0.3) is 0 Å². The number of nitrogens with one attached hydrogen (secondary N) is 1. The van der Waals surface area contributed by atoms with Gasteiger partial charge in [0.15, 0.2) is 0 Å². The molecule has 2 heterocycles. The number of benzene rings is 1. The molecule has 1 fully saturated rings. The smallest absolute Gasteiger partial charge is 0.340 e. The minimum absolute atomic E-state index is 0.208. The molecule has 0 atom stereocenters. The van der Waals surface area contributed by atoms with Gasteiger partial charge in [0.05, 0.1) is 17.6 Å². The second-order valence-electron chi connectivity index (χ2n) is 6.64. The Morgan fingerprint density at radius 1 is 1.14 bits per heavy atom. The van der Waals surface area contributed by atoms with Crippen LogP contribution in [0.2, 0.25) is 0 Å². The average molecular weight is 423 g/mol. The molecule has 0 saturated carbocycles. The molecule has 1 aromatic heterocycles. The predicted octanol–water partition coefficient (Wildman–Crippen LogP) is 2.88. The Morgan fingerprint density at radius 3 is 2.39 bits per heavy atom. The van der Waals surface area contributed by atoms with Gasteiger partial charge in [-0.3, -0.25) is 4.79 Å². The number of amides is 1. The lowest BCUT2D eigenvalue weighted by molar-refractivity contribution is -0.120. The van der Waals surface area contributed by atoms with Crippen molar-refractivity contribution < 1.29 is 22.7 Å². The van der Waals surface area contributed by atoms with Crippen LogP contribution < -0.4 is 5.32 Å². The van der Waals surface area contributed by atoms with E-state index in [-0.39, 0.29) is 29.8 Å². The first-order chi connectivity index (χ1) is 13.3. The summed E-state index contributed by atoms with van der Waals surface area (Å²) >= 11 is 1.25. The summed E-state index contributed by atoms with van der Waals surface area (Å²) in [7, 11) is -2.27. The van der Waals surface area contributed by atoms with E-state index >= 15 is 0 Å². The molecule has 0 radical (unpaired) electrons. The number of esters is 1. The number of hydrogen-bond donors (Lipinski definition) is 1. The summed E-state index contributed by atoms with van der Waals surface area (Å²) in [6.45, 7) is 2.46. The maximum atomic E-state index is 12.8. The normalized spacial score (nSPS) is 15.9. The molecule has 1 saturated heterocycles. The average Bonchev–Trinajstić information content (AvgIpc) is 3.16. The van der Waals surface area contributed by atoms with Crippen LogP contribution in [0.4, 0.5) is 5.00 Å². The van der Waals surface area contributed by atoms with Crippen LogP contribution in [0.1, 0.15) is 28.8 Å².